The second-order valence-corrected chi connectivity index (χ2v) is 10.6. The van der Waals surface area contributed by atoms with Crippen molar-refractivity contribution >= 4 is 51.6 Å². The minimum atomic E-state index is -0.569. The third-order valence-corrected chi connectivity index (χ3v) is 6.60. The molecule has 0 aliphatic carbocycles. The number of esters is 2. The van der Waals surface area contributed by atoms with Crippen LogP contribution in [0.2, 0.25) is 10.0 Å². The van der Waals surface area contributed by atoms with Crippen molar-refractivity contribution in [1.29, 1.82) is 0 Å². The molecule has 0 saturated carbocycles. The van der Waals surface area contributed by atoms with Crippen molar-refractivity contribution in [3.63, 3.8) is 0 Å². The molecule has 0 unspecified atom stereocenters. The van der Waals surface area contributed by atoms with E-state index in [0.29, 0.717) is 44.4 Å². The molecular formula is C28H34Cl2N2O4S. The molecule has 9 heteroatoms. The predicted molar refractivity (Wildman–Crippen MR) is 153 cm³/mol. The molecule has 1 heterocycles. The van der Waals surface area contributed by atoms with Gasteiger partial charge in [0.25, 0.3) is 0 Å². The topological polar surface area (TPSA) is 68.7 Å². The van der Waals surface area contributed by atoms with Crippen molar-refractivity contribution in [3.8, 4) is 11.3 Å². The summed E-state index contributed by atoms with van der Waals surface area (Å²) in [6.07, 6.45) is 0.167. The molecule has 0 aliphatic heterocycles. The largest absolute Gasteiger partial charge is 0.462 e. The van der Waals surface area contributed by atoms with Crippen LogP contribution in [0.15, 0.2) is 48.5 Å². The van der Waals surface area contributed by atoms with Gasteiger partial charge in [0.15, 0.2) is 5.13 Å². The van der Waals surface area contributed by atoms with Gasteiger partial charge in [0.05, 0.1) is 28.8 Å². The minimum absolute atomic E-state index is 0.167. The number of carbonyl (C=O) groups excluding carboxylic acids is 2. The Labute approximate surface area is 233 Å². The van der Waals surface area contributed by atoms with E-state index in [2.05, 4.69) is 0 Å². The van der Waals surface area contributed by atoms with Crippen LogP contribution in [0, 0.1) is 0 Å². The maximum absolute atomic E-state index is 12.8. The standard InChI is InChI=1S/C26H28Cl2N2O4S.C2H6/c1-5-33-24(32)23-22(18-11-12-19(27)20(28)15-18)29-25(35-23)30(16-17-9-7-6-8-10-17)14-13-21(31)34-26(2,3)4;1-2/h6-12,15H,5,13-14,16H2,1-4H3;1-2H3. The van der Waals surface area contributed by atoms with Crippen LogP contribution >= 0.6 is 34.5 Å². The van der Waals surface area contributed by atoms with Gasteiger partial charge in [0, 0.05) is 18.7 Å². The quantitative estimate of drug-likeness (QED) is 0.245. The highest BCUT2D eigenvalue weighted by atomic mass is 35.5. The van der Waals surface area contributed by atoms with Gasteiger partial charge in [-0.2, -0.15) is 0 Å². The molecule has 37 heavy (non-hydrogen) atoms. The SMILES string of the molecule is CC.CCOC(=O)c1sc(N(CCC(=O)OC(C)(C)C)Cc2ccccc2)nc1-c1ccc(Cl)c(Cl)c1. The number of hydrogen-bond acceptors (Lipinski definition) is 7. The summed E-state index contributed by atoms with van der Waals surface area (Å²) >= 11 is 13.5. The van der Waals surface area contributed by atoms with E-state index in [4.69, 9.17) is 37.7 Å². The molecule has 0 fully saturated rings. The Kier molecular flexibility index (Phi) is 11.9. The number of nitrogens with zero attached hydrogens (tertiary/aromatic N) is 2. The van der Waals surface area contributed by atoms with E-state index >= 15 is 0 Å². The molecule has 6 nitrogen and oxygen atoms in total. The molecule has 0 aliphatic rings. The highest BCUT2D eigenvalue weighted by Gasteiger charge is 2.25. The average Bonchev–Trinajstić information content (AvgIpc) is 3.30. The summed E-state index contributed by atoms with van der Waals surface area (Å²) in [6, 6.07) is 14.9. The van der Waals surface area contributed by atoms with Crippen LogP contribution in [-0.2, 0) is 20.8 Å². The number of rotatable bonds is 9. The Morgan fingerprint density at radius 1 is 1.03 bits per heavy atom. The van der Waals surface area contributed by atoms with Crippen LogP contribution < -0.4 is 4.90 Å². The maximum Gasteiger partial charge on any atom is 0.350 e. The predicted octanol–water partition coefficient (Wildman–Crippen LogP) is 8.06. The Bertz CT molecular complexity index is 1180. The van der Waals surface area contributed by atoms with Gasteiger partial charge in [0.2, 0.25) is 0 Å². The lowest BCUT2D eigenvalue weighted by Gasteiger charge is -2.24. The summed E-state index contributed by atoms with van der Waals surface area (Å²) in [7, 11) is 0. The van der Waals surface area contributed by atoms with E-state index in [1.165, 1.54) is 11.3 Å². The molecular weight excluding hydrogens is 531 g/mol. The number of anilines is 1. The van der Waals surface area contributed by atoms with E-state index in [0.717, 1.165) is 5.56 Å². The lowest BCUT2D eigenvalue weighted by Crippen LogP contribution is -2.29. The average molecular weight is 566 g/mol. The first kappa shape index (κ1) is 30.6. The smallest absolute Gasteiger partial charge is 0.350 e. The molecule has 0 bridgehead atoms. The van der Waals surface area contributed by atoms with Gasteiger partial charge in [0.1, 0.15) is 10.5 Å². The van der Waals surface area contributed by atoms with Gasteiger partial charge in [-0.25, -0.2) is 9.78 Å². The Balaban J connectivity index is 0.00000235. The number of carbonyl (C=O) groups is 2. The lowest BCUT2D eigenvalue weighted by molar-refractivity contribution is -0.154. The van der Waals surface area contributed by atoms with Crippen LogP contribution in [-0.4, -0.2) is 35.7 Å². The summed E-state index contributed by atoms with van der Waals surface area (Å²) in [5.74, 6) is -0.772. The van der Waals surface area contributed by atoms with E-state index in [9.17, 15) is 9.59 Å². The van der Waals surface area contributed by atoms with Crippen LogP contribution in [0.1, 0.15) is 63.2 Å². The molecule has 3 rings (SSSR count). The third-order valence-electron chi connectivity index (χ3n) is 4.76. The molecule has 0 amide bonds. The second-order valence-electron chi connectivity index (χ2n) is 8.77. The molecule has 200 valence electrons. The number of thiazole rings is 1. The molecule has 0 saturated heterocycles. The zero-order chi connectivity index (χ0) is 27.6. The molecule has 0 radical (unpaired) electrons. The van der Waals surface area contributed by atoms with Crippen LogP contribution in [0.5, 0.6) is 0 Å². The van der Waals surface area contributed by atoms with E-state index in [1.807, 2.05) is 69.9 Å². The van der Waals surface area contributed by atoms with Crippen molar-refractivity contribution in [2.45, 2.75) is 60.1 Å². The van der Waals surface area contributed by atoms with Crippen LogP contribution in [0.4, 0.5) is 5.13 Å². The Hall–Kier alpha value is -2.61. The van der Waals surface area contributed by atoms with E-state index < -0.39 is 11.6 Å². The van der Waals surface area contributed by atoms with Gasteiger partial charge >= 0.3 is 11.9 Å². The van der Waals surface area contributed by atoms with Crippen molar-refractivity contribution in [1.82, 2.24) is 4.98 Å². The molecule has 0 atom stereocenters. The minimum Gasteiger partial charge on any atom is -0.462 e. The van der Waals surface area contributed by atoms with Crippen molar-refractivity contribution in [2.75, 3.05) is 18.1 Å². The first-order valence-corrected chi connectivity index (χ1v) is 13.8. The molecule has 0 N–H and O–H groups in total. The van der Waals surface area contributed by atoms with Gasteiger partial charge in [-0.1, -0.05) is 84.8 Å². The first-order chi connectivity index (χ1) is 17.6. The third kappa shape index (κ3) is 9.33. The Morgan fingerprint density at radius 2 is 1.70 bits per heavy atom. The number of aromatic nitrogens is 1. The molecule has 1 aromatic heterocycles. The lowest BCUT2D eigenvalue weighted by atomic mass is 10.1. The first-order valence-electron chi connectivity index (χ1n) is 12.2. The summed E-state index contributed by atoms with van der Waals surface area (Å²) in [4.78, 5) is 32.4. The fourth-order valence-corrected chi connectivity index (χ4v) is 4.59. The summed E-state index contributed by atoms with van der Waals surface area (Å²) in [5, 5.41) is 1.35. The number of benzene rings is 2. The fourth-order valence-electron chi connectivity index (χ4n) is 3.28. The summed E-state index contributed by atoms with van der Waals surface area (Å²) in [6.45, 7) is 12.4. The normalized spacial score (nSPS) is 10.8. The molecule has 0 spiro atoms. The second kappa shape index (κ2) is 14.4. The van der Waals surface area contributed by atoms with Gasteiger partial charge in [-0.15, -0.1) is 0 Å². The molecule has 3 aromatic rings. The van der Waals surface area contributed by atoms with Crippen molar-refractivity contribution < 1.29 is 19.1 Å². The number of halogens is 2. The summed E-state index contributed by atoms with van der Waals surface area (Å²) < 4.78 is 10.8. The van der Waals surface area contributed by atoms with E-state index in [-0.39, 0.29) is 19.0 Å². The van der Waals surface area contributed by atoms with Gasteiger partial charge in [-0.05, 0) is 45.4 Å². The highest BCUT2D eigenvalue weighted by Crippen LogP contribution is 2.37. The monoisotopic (exact) mass is 564 g/mol. The van der Waals surface area contributed by atoms with E-state index in [1.54, 1.807) is 25.1 Å². The zero-order valence-electron chi connectivity index (χ0n) is 22.1. The highest BCUT2D eigenvalue weighted by molar-refractivity contribution is 7.17. The zero-order valence-corrected chi connectivity index (χ0v) is 24.5. The number of hydrogen-bond donors (Lipinski definition) is 0. The van der Waals surface area contributed by atoms with Crippen molar-refractivity contribution in [3.05, 3.63) is 69.0 Å². The van der Waals surface area contributed by atoms with Gasteiger partial charge in [-0.3, -0.25) is 4.79 Å². The Morgan fingerprint density at radius 3 is 2.30 bits per heavy atom. The van der Waals surface area contributed by atoms with Gasteiger partial charge < -0.3 is 14.4 Å². The van der Waals surface area contributed by atoms with Crippen molar-refractivity contribution in [2.24, 2.45) is 0 Å². The number of ether oxygens (including phenoxy) is 2. The van der Waals surface area contributed by atoms with Crippen LogP contribution in [0.25, 0.3) is 11.3 Å². The maximum atomic E-state index is 12.8. The summed E-state index contributed by atoms with van der Waals surface area (Å²) in [5.41, 5.74) is 1.58. The fraction of sp³-hybridized carbons (Fsp3) is 0.393. The van der Waals surface area contributed by atoms with Crippen LogP contribution in [0.3, 0.4) is 0 Å². The molecule has 2 aromatic carbocycles.